The molecule has 1 unspecified atom stereocenters. The zero-order chi connectivity index (χ0) is 10.1. The van der Waals surface area contributed by atoms with E-state index in [1.807, 2.05) is 0 Å². The molecule has 0 radical (unpaired) electrons. The number of rotatable bonds is 2. The summed E-state index contributed by atoms with van der Waals surface area (Å²) in [6, 6.07) is -0.559. The fraction of sp³-hybridized carbons (Fsp3) is 0.400. The van der Waals surface area contributed by atoms with Crippen LogP contribution < -0.4 is 11.4 Å². The zero-order valence-electron chi connectivity index (χ0n) is 7.18. The van der Waals surface area contributed by atoms with Crippen LogP contribution in [-0.2, 0) is 0 Å². The second-order valence-corrected chi connectivity index (χ2v) is 2.68. The summed E-state index contributed by atoms with van der Waals surface area (Å²) in [5.74, 6) is 0.275. The van der Waals surface area contributed by atoms with Crippen molar-refractivity contribution in [3.63, 3.8) is 0 Å². The highest BCUT2D eigenvalue weighted by Gasteiger charge is 2.17. The summed E-state index contributed by atoms with van der Waals surface area (Å²) >= 11 is 0. The zero-order valence-corrected chi connectivity index (χ0v) is 7.18. The van der Waals surface area contributed by atoms with Gasteiger partial charge >= 0.3 is 11.4 Å². The van der Waals surface area contributed by atoms with E-state index in [4.69, 9.17) is 0 Å². The third-order valence-electron chi connectivity index (χ3n) is 1.84. The molecule has 2 heterocycles. The molecular weight excluding hydrogens is 190 g/mol. The molecule has 2 aromatic heterocycles. The van der Waals surface area contributed by atoms with Crippen molar-refractivity contribution in [2.45, 2.75) is 13.0 Å². The van der Waals surface area contributed by atoms with Crippen LogP contribution in [-0.4, -0.2) is 35.4 Å². The number of hydrogen-bond donors (Lipinski definition) is 3. The van der Waals surface area contributed by atoms with E-state index in [0.717, 1.165) is 4.57 Å². The molecule has 0 saturated heterocycles. The number of aromatic amines is 3. The van der Waals surface area contributed by atoms with E-state index in [1.54, 1.807) is 6.92 Å². The molecule has 0 spiro atoms. The summed E-state index contributed by atoms with van der Waals surface area (Å²) in [6.07, 6.45) is 0. The minimum atomic E-state index is -0.559. The van der Waals surface area contributed by atoms with Crippen LogP contribution in [0.2, 0.25) is 0 Å². The van der Waals surface area contributed by atoms with Gasteiger partial charge in [-0.3, -0.25) is 0 Å². The molecular formula is C5H7N7O2. The molecule has 9 heteroatoms. The Bertz CT molecular complexity index is 489. The Labute approximate surface area is 76.1 Å². The first-order valence-corrected chi connectivity index (χ1v) is 3.82. The fourth-order valence-electron chi connectivity index (χ4n) is 1.13. The van der Waals surface area contributed by atoms with E-state index in [2.05, 4.69) is 30.8 Å². The maximum atomic E-state index is 11.2. The number of H-pyrrole nitrogens is 3. The maximum absolute atomic E-state index is 11.2. The number of hydrogen-bond acceptors (Lipinski definition) is 5. The molecule has 74 valence electrons. The lowest BCUT2D eigenvalue weighted by molar-refractivity contribution is 0.565. The lowest BCUT2D eigenvalue weighted by atomic mass is 10.3. The third-order valence-corrected chi connectivity index (χ3v) is 1.84. The highest BCUT2D eigenvalue weighted by molar-refractivity contribution is 4.90. The summed E-state index contributed by atoms with van der Waals surface area (Å²) in [5, 5.41) is 17.3. The molecule has 0 bridgehead atoms. The van der Waals surface area contributed by atoms with Crippen LogP contribution in [0.4, 0.5) is 0 Å². The van der Waals surface area contributed by atoms with Crippen molar-refractivity contribution in [3.05, 3.63) is 26.8 Å². The Morgan fingerprint density at radius 2 is 1.93 bits per heavy atom. The van der Waals surface area contributed by atoms with Crippen molar-refractivity contribution in [1.82, 2.24) is 35.4 Å². The second-order valence-electron chi connectivity index (χ2n) is 2.68. The normalized spacial score (nSPS) is 12.9. The summed E-state index contributed by atoms with van der Waals surface area (Å²) in [5.41, 5.74) is -1.07. The van der Waals surface area contributed by atoms with E-state index in [1.165, 1.54) is 0 Å². The smallest absolute Gasteiger partial charge is 0.247 e. The van der Waals surface area contributed by atoms with Crippen LogP contribution >= 0.6 is 0 Å². The summed E-state index contributed by atoms with van der Waals surface area (Å²) in [4.78, 5) is 22.3. The Balaban J connectivity index is 2.51. The number of nitrogens with one attached hydrogen (secondary N) is 3. The molecule has 3 N–H and O–H groups in total. The molecule has 0 saturated carbocycles. The molecule has 0 aromatic carbocycles. The summed E-state index contributed by atoms with van der Waals surface area (Å²) in [7, 11) is 0. The largest absolute Gasteiger partial charge is 0.345 e. The molecule has 0 aliphatic carbocycles. The van der Waals surface area contributed by atoms with Crippen LogP contribution in [0.1, 0.15) is 18.8 Å². The van der Waals surface area contributed by atoms with Crippen molar-refractivity contribution < 1.29 is 0 Å². The molecule has 9 nitrogen and oxygen atoms in total. The first-order chi connectivity index (χ1) is 6.70. The molecule has 0 fully saturated rings. The minimum absolute atomic E-state index is 0.275. The standard InChI is InChI=1S/C5H7N7O2/c1-2(3-6-10-11-7-3)12-4(13)8-9-5(12)14/h2H,1H3,(H,8,13)(H,9,14)(H,6,7,10,11). The van der Waals surface area contributed by atoms with Gasteiger partial charge in [0, 0.05) is 0 Å². The Hall–Kier alpha value is -2.19. The molecule has 1 atom stereocenters. The van der Waals surface area contributed by atoms with Gasteiger partial charge in [0.25, 0.3) is 0 Å². The topological polar surface area (TPSA) is 125 Å². The van der Waals surface area contributed by atoms with Gasteiger partial charge in [-0.1, -0.05) is 5.21 Å². The Kier molecular flexibility index (Phi) is 1.77. The number of nitrogens with zero attached hydrogens (tertiary/aromatic N) is 4. The first-order valence-electron chi connectivity index (χ1n) is 3.82. The number of tetrazole rings is 1. The molecule has 2 aromatic rings. The maximum Gasteiger partial charge on any atom is 0.345 e. The van der Waals surface area contributed by atoms with Crippen LogP contribution in [0.25, 0.3) is 0 Å². The highest BCUT2D eigenvalue weighted by atomic mass is 16.2. The minimum Gasteiger partial charge on any atom is -0.247 e. The lowest BCUT2D eigenvalue weighted by Gasteiger charge is -2.03. The molecule has 14 heavy (non-hydrogen) atoms. The molecule has 0 aliphatic heterocycles. The summed E-state index contributed by atoms with van der Waals surface area (Å²) in [6.45, 7) is 1.62. The molecule has 0 aliphatic rings. The van der Waals surface area contributed by atoms with E-state index in [9.17, 15) is 9.59 Å². The SMILES string of the molecule is CC(c1nn[nH]n1)n1c(=O)[nH][nH]c1=O. The molecule has 0 amide bonds. The Morgan fingerprint density at radius 1 is 1.29 bits per heavy atom. The van der Waals surface area contributed by atoms with Crippen LogP contribution in [0.3, 0.4) is 0 Å². The predicted octanol–water partition coefficient (Wildman–Crippen LogP) is -2.01. The highest BCUT2D eigenvalue weighted by Crippen LogP contribution is 2.05. The Morgan fingerprint density at radius 3 is 2.43 bits per heavy atom. The van der Waals surface area contributed by atoms with E-state index < -0.39 is 17.4 Å². The van der Waals surface area contributed by atoms with Gasteiger partial charge in [-0.05, 0) is 6.92 Å². The van der Waals surface area contributed by atoms with Crippen molar-refractivity contribution in [2.75, 3.05) is 0 Å². The van der Waals surface area contributed by atoms with E-state index in [-0.39, 0.29) is 5.82 Å². The van der Waals surface area contributed by atoms with E-state index in [0.29, 0.717) is 0 Å². The van der Waals surface area contributed by atoms with Crippen molar-refractivity contribution in [3.8, 4) is 0 Å². The van der Waals surface area contributed by atoms with Crippen molar-refractivity contribution >= 4 is 0 Å². The monoisotopic (exact) mass is 197 g/mol. The summed E-state index contributed by atoms with van der Waals surface area (Å²) < 4.78 is 0.963. The van der Waals surface area contributed by atoms with Gasteiger partial charge in [0.1, 0.15) is 6.04 Å². The van der Waals surface area contributed by atoms with Gasteiger partial charge in [0.05, 0.1) is 0 Å². The fourth-order valence-corrected chi connectivity index (χ4v) is 1.13. The predicted molar refractivity (Wildman–Crippen MR) is 43.7 cm³/mol. The van der Waals surface area contributed by atoms with Crippen LogP contribution in [0.15, 0.2) is 9.59 Å². The average molecular weight is 197 g/mol. The van der Waals surface area contributed by atoms with Crippen LogP contribution in [0.5, 0.6) is 0 Å². The van der Waals surface area contributed by atoms with Gasteiger partial charge in [-0.2, -0.15) is 5.21 Å². The third kappa shape index (κ3) is 1.14. The van der Waals surface area contributed by atoms with Crippen molar-refractivity contribution in [1.29, 1.82) is 0 Å². The van der Waals surface area contributed by atoms with Crippen LogP contribution in [0, 0.1) is 0 Å². The molecule has 2 rings (SSSR count). The first kappa shape index (κ1) is 8.41. The van der Waals surface area contributed by atoms with Gasteiger partial charge in [0.2, 0.25) is 0 Å². The van der Waals surface area contributed by atoms with Crippen molar-refractivity contribution in [2.24, 2.45) is 0 Å². The van der Waals surface area contributed by atoms with Gasteiger partial charge in [0.15, 0.2) is 5.82 Å². The van der Waals surface area contributed by atoms with Gasteiger partial charge in [-0.15, -0.1) is 10.2 Å². The van der Waals surface area contributed by atoms with Gasteiger partial charge < -0.3 is 0 Å². The lowest BCUT2D eigenvalue weighted by Crippen LogP contribution is -2.30. The average Bonchev–Trinajstić information content (AvgIpc) is 2.75. The van der Waals surface area contributed by atoms with E-state index >= 15 is 0 Å². The van der Waals surface area contributed by atoms with Gasteiger partial charge in [-0.25, -0.2) is 24.4 Å². The number of aromatic nitrogens is 7. The quantitative estimate of drug-likeness (QED) is 0.512. The second kappa shape index (κ2) is 2.94.